The van der Waals surface area contributed by atoms with Gasteiger partial charge in [0.05, 0.1) is 0 Å². The summed E-state index contributed by atoms with van der Waals surface area (Å²) in [6.07, 6.45) is 5.32. The van der Waals surface area contributed by atoms with Crippen molar-refractivity contribution in [2.75, 3.05) is 26.2 Å². The average Bonchev–Trinajstić information content (AvgIpc) is 2.55. The van der Waals surface area contributed by atoms with Gasteiger partial charge in [-0.05, 0) is 17.4 Å². The molecule has 0 atom stereocenters. The Morgan fingerprint density at radius 2 is 2.27 bits per heavy atom. The van der Waals surface area contributed by atoms with Crippen LogP contribution in [0.5, 0.6) is 0 Å². The summed E-state index contributed by atoms with van der Waals surface area (Å²) in [5.74, 6) is 1.18. The molecule has 1 saturated heterocycles. The Labute approximate surface area is 95.5 Å². The van der Waals surface area contributed by atoms with E-state index in [-0.39, 0.29) is 0 Å². The molecule has 0 saturated carbocycles. The van der Waals surface area contributed by atoms with Crippen molar-refractivity contribution in [1.29, 1.82) is 0 Å². The molecule has 1 N–H and O–H groups in total. The molecular weight excluding hydrogens is 206 g/mol. The number of hydrogen-bond donors (Lipinski definition) is 1. The van der Waals surface area contributed by atoms with E-state index in [2.05, 4.69) is 33.7 Å². The molecule has 0 bridgehead atoms. The highest BCUT2D eigenvalue weighted by Crippen LogP contribution is 2.18. The monoisotopic (exact) mass is 223 g/mol. The SMILES string of the molecule is CCC1=CC=CSN=C1N1CCNCC1. The Kier molecular flexibility index (Phi) is 3.86. The normalized spacial score (nSPS) is 22.1. The number of piperazine rings is 1. The van der Waals surface area contributed by atoms with E-state index in [1.165, 1.54) is 23.4 Å². The van der Waals surface area contributed by atoms with E-state index >= 15 is 0 Å². The van der Waals surface area contributed by atoms with Crippen LogP contribution in [-0.2, 0) is 0 Å². The fraction of sp³-hybridized carbons (Fsp3) is 0.545. The van der Waals surface area contributed by atoms with Crippen LogP contribution in [0.15, 0.2) is 27.5 Å². The molecular formula is C11H17N3S. The highest BCUT2D eigenvalue weighted by atomic mass is 32.2. The summed E-state index contributed by atoms with van der Waals surface area (Å²) in [5, 5.41) is 5.40. The molecule has 0 aromatic carbocycles. The van der Waals surface area contributed by atoms with Gasteiger partial charge in [0, 0.05) is 38.1 Å². The number of nitrogens with zero attached hydrogens (tertiary/aromatic N) is 2. The summed E-state index contributed by atoms with van der Waals surface area (Å²) in [7, 11) is 0. The van der Waals surface area contributed by atoms with Gasteiger partial charge in [0.1, 0.15) is 5.84 Å². The van der Waals surface area contributed by atoms with Crippen molar-refractivity contribution < 1.29 is 0 Å². The largest absolute Gasteiger partial charge is 0.353 e. The molecule has 82 valence electrons. The maximum Gasteiger partial charge on any atom is 0.140 e. The van der Waals surface area contributed by atoms with Crippen LogP contribution in [0.25, 0.3) is 0 Å². The maximum absolute atomic E-state index is 4.58. The molecule has 0 unspecified atom stereocenters. The van der Waals surface area contributed by atoms with Gasteiger partial charge in [0.15, 0.2) is 0 Å². The van der Waals surface area contributed by atoms with Gasteiger partial charge < -0.3 is 10.2 Å². The lowest BCUT2D eigenvalue weighted by Crippen LogP contribution is -2.46. The second-order valence-corrected chi connectivity index (χ2v) is 4.30. The van der Waals surface area contributed by atoms with Gasteiger partial charge in [0.25, 0.3) is 0 Å². The molecule has 0 amide bonds. The summed E-state index contributed by atoms with van der Waals surface area (Å²) in [6.45, 7) is 6.45. The Bertz CT molecular complexity index is 301. The second kappa shape index (κ2) is 5.37. The van der Waals surface area contributed by atoms with Gasteiger partial charge in [0.2, 0.25) is 0 Å². The Morgan fingerprint density at radius 3 is 3.00 bits per heavy atom. The number of rotatable bonds is 1. The predicted molar refractivity (Wildman–Crippen MR) is 67.0 cm³/mol. The molecule has 1 fully saturated rings. The number of allylic oxidation sites excluding steroid dienone is 2. The lowest BCUT2D eigenvalue weighted by molar-refractivity contribution is 0.357. The van der Waals surface area contributed by atoms with Crippen molar-refractivity contribution in [2.24, 2.45) is 4.40 Å². The molecule has 0 spiro atoms. The van der Waals surface area contributed by atoms with Crippen LogP contribution in [0.1, 0.15) is 13.3 Å². The highest BCUT2D eigenvalue weighted by molar-refractivity contribution is 8.01. The van der Waals surface area contributed by atoms with Crippen molar-refractivity contribution >= 4 is 17.8 Å². The van der Waals surface area contributed by atoms with Crippen molar-refractivity contribution in [3.63, 3.8) is 0 Å². The predicted octanol–water partition coefficient (Wildman–Crippen LogP) is 1.80. The van der Waals surface area contributed by atoms with E-state index < -0.39 is 0 Å². The first-order valence-electron chi connectivity index (χ1n) is 5.47. The maximum atomic E-state index is 4.58. The van der Waals surface area contributed by atoms with Crippen LogP contribution in [0.4, 0.5) is 0 Å². The molecule has 0 aromatic rings. The van der Waals surface area contributed by atoms with Gasteiger partial charge in [-0.25, -0.2) is 0 Å². The molecule has 0 aliphatic carbocycles. The minimum Gasteiger partial charge on any atom is -0.353 e. The van der Waals surface area contributed by atoms with E-state index in [0.29, 0.717) is 0 Å². The van der Waals surface area contributed by atoms with Crippen molar-refractivity contribution in [1.82, 2.24) is 10.2 Å². The van der Waals surface area contributed by atoms with Gasteiger partial charge in [-0.15, -0.1) is 0 Å². The van der Waals surface area contributed by atoms with Crippen LogP contribution >= 0.6 is 11.9 Å². The van der Waals surface area contributed by atoms with Gasteiger partial charge >= 0.3 is 0 Å². The third kappa shape index (κ3) is 2.63. The molecule has 0 radical (unpaired) electrons. The Balaban J connectivity index is 2.14. The topological polar surface area (TPSA) is 27.6 Å². The van der Waals surface area contributed by atoms with Crippen molar-refractivity contribution in [3.05, 3.63) is 23.1 Å². The first-order valence-corrected chi connectivity index (χ1v) is 6.31. The van der Waals surface area contributed by atoms with Crippen LogP contribution in [-0.4, -0.2) is 36.9 Å². The van der Waals surface area contributed by atoms with Gasteiger partial charge in [-0.1, -0.05) is 19.1 Å². The zero-order chi connectivity index (χ0) is 10.5. The third-order valence-electron chi connectivity index (χ3n) is 2.66. The van der Waals surface area contributed by atoms with Crippen LogP contribution in [0.2, 0.25) is 0 Å². The van der Waals surface area contributed by atoms with E-state index in [1.807, 2.05) is 5.41 Å². The molecule has 15 heavy (non-hydrogen) atoms. The average molecular weight is 223 g/mol. The first kappa shape index (κ1) is 10.8. The molecule has 2 aliphatic rings. The molecule has 0 aromatic heterocycles. The molecule has 2 heterocycles. The molecule has 2 aliphatic heterocycles. The minimum atomic E-state index is 1.05. The quantitative estimate of drug-likeness (QED) is 0.687. The summed E-state index contributed by atoms with van der Waals surface area (Å²) in [5.41, 5.74) is 1.35. The summed E-state index contributed by atoms with van der Waals surface area (Å²) < 4.78 is 4.58. The number of hydrogen-bond acceptors (Lipinski definition) is 4. The minimum absolute atomic E-state index is 1.05. The van der Waals surface area contributed by atoms with Crippen molar-refractivity contribution in [2.45, 2.75) is 13.3 Å². The smallest absolute Gasteiger partial charge is 0.140 e. The number of amidine groups is 1. The van der Waals surface area contributed by atoms with Gasteiger partial charge in [-0.3, -0.25) is 0 Å². The molecule has 3 nitrogen and oxygen atoms in total. The van der Waals surface area contributed by atoms with Crippen LogP contribution < -0.4 is 5.32 Å². The standard InChI is InChI=1S/C11H17N3S/c1-2-10-4-3-9-15-13-11(10)14-7-5-12-6-8-14/h3-4,9,12H,2,5-8H2,1H3. The summed E-state index contributed by atoms with van der Waals surface area (Å²) in [4.78, 5) is 2.38. The first-order chi connectivity index (χ1) is 7.42. The fourth-order valence-electron chi connectivity index (χ4n) is 1.82. The highest BCUT2D eigenvalue weighted by Gasteiger charge is 2.17. The van der Waals surface area contributed by atoms with E-state index in [0.717, 1.165) is 32.6 Å². The number of nitrogens with one attached hydrogen (secondary N) is 1. The zero-order valence-electron chi connectivity index (χ0n) is 9.07. The molecule has 2 rings (SSSR count). The lowest BCUT2D eigenvalue weighted by atomic mass is 10.1. The van der Waals surface area contributed by atoms with Crippen LogP contribution in [0, 0.1) is 0 Å². The van der Waals surface area contributed by atoms with E-state index in [1.54, 1.807) is 0 Å². The van der Waals surface area contributed by atoms with E-state index in [4.69, 9.17) is 0 Å². The Hall–Kier alpha value is -0.740. The van der Waals surface area contributed by atoms with Gasteiger partial charge in [-0.2, -0.15) is 4.40 Å². The molecule has 4 heteroatoms. The summed E-state index contributed by atoms with van der Waals surface area (Å²) >= 11 is 1.53. The fourth-order valence-corrected chi connectivity index (χ4v) is 2.36. The van der Waals surface area contributed by atoms with Crippen molar-refractivity contribution in [3.8, 4) is 0 Å². The van der Waals surface area contributed by atoms with Crippen LogP contribution in [0.3, 0.4) is 0 Å². The summed E-state index contributed by atoms with van der Waals surface area (Å²) in [6, 6.07) is 0. The van der Waals surface area contributed by atoms with E-state index in [9.17, 15) is 0 Å². The zero-order valence-corrected chi connectivity index (χ0v) is 9.89. The Morgan fingerprint density at radius 1 is 1.47 bits per heavy atom. The second-order valence-electron chi connectivity index (χ2n) is 3.63. The lowest BCUT2D eigenvalue weighted by Gasteiger charge is -2.30. The third-order valence-corrected chi connectivity index (χ3v) is 3.22.